The van der Waals surface area contributed by atoms with E-state index in [1.54, 1.807) is 6.92 Å². The summed E-state index contributed by atoms with van der Waals surface area (Å²) >= 11 is 1.15. The minimum absolute atomic E-state index is 0.0628. The number of ether oxygens (including phenoxy) is 2. The molecule has 1 amide bonds. The number of carbonyl (C=O) groups excluding carboxylic acids is 1. The molecule has 0 saturated heterocycles. The first-order valence-corrected chi connectivity index (χ1v) is 9.28. The third kappa shape index (κ3) is 6.05. The molecule has 1 aromatic heterocycles. The minimum atomic E-state index is -1.04. The smallest absolute Gasteiger partial charge is 0.326 e. The van der Waals surface area contributed by atoms with Gasteiger partial charge in [-0.3, -0.25) is 4.79 Å². The van der Waals surface area contributed by atoms with Gasteiger partial charge in [0.05, 0.1) is 25.5 Å². The molecule has 26 heavy (non-hydrogen) atoms. The van der Waals surface area contributed by atoms with Gasteiger partial charge >= 0.3 is 5.97 Å². The summed E-state index contributed by atoms with van der Waals surface area (Å²) in [4.78, 5) is 32.6. The number of amides is 1. The molecule has 1 unspecified atom stereocenters. The average molecular weight is 385 g/mol. The van der Waals surface area contributed by atoms with Gasteiger partial charge in [-0.1, -0.05) is 45.9 Å². The number of carboxylic acid groups (broad SMARTS) is 1. The molecule has 1 rings (SSSR count). The van der Waals surface area contributed by atoms with E-state index in [1.165, 1.54) is 20.3 Å². The summed E-state index contributed by atoms with van der Waals surface area (Å²) < 4.78 is 10.2. The van der Waals surface area contributed by atoms with Gasteiger partial charge in [-0.15, -0.1) is 0 Å². The van der Waals surface area contributed by atoms with E-state index in [4.69, 9.17) is 9.47 Å². The molecule has 0 spiro atoms. The van der Waals surface area contributed by atoms with E-state index in [9.17, 15) is 14.7 Å². The van der Waals surface area contributed by atoms with E-state index in [0.29, 0.717) is 23.3 Å². The third-order valence-electron chi connectivity index (χ3n) is 3.95. The Morgan fingerprint density at radius 1 is 1.19 bits per heavy atom. The maximum Gasteiger partial charge on any atom is 0.326 e. The molecular formula is C17H27N3O5S. The van der Waals surface area contributed by atoms with Crippen molar-refractivity contribution < 1.29 is 24.2 Å². The summed E-state index contributed by atoms with van der Waals surface area (Å²) in [6, 6.07) is 0.605. The number of nitrogens with zero attached hydrogens (tertiary/aromatic N) is 2. The highest BCUT2D eigenvalue weighted by molar-refractivity contribution is 8.00. The van der Waals surface area contributed by atoms with Crippen molar-refractivity contribution in [1.82, 2.24) is 15.3 Å². The summed E-state index contributed by atoms with van der Waals surface area (Å²) in [5.41, 5.74) is 0. The lowest BCUT2D eigenvalue weighted by Gasteiger charge is -2.25. The summed E-state index contributed by atoms with van der Waals surface area (Å²) in [5, 5.41) is 11.8. The normalized spacial score (nSPS) is 14.4. The number of aromatic nitrogens is 2. The van der Waals surface area contributed by atoms with Gasteiger partial charge in [0.2, 0.25) is 17.7 Å². The standard InChI is InChI=1S/C17H27N3O5S/c1-7-10(4)13(16(22)23)20-15(21)14(9(2)3)26-17-18-11(24-5)8-12(19-17)25-6/h8-10,13-14H,7H2,1-6H3,(H,20,21)(H,22,23)/t10-,13-,14?/m0/s1. The molecule has 0 saturated carbocycles. The monoisotopic (exact) mass is 385 g/mol. The number of methoxy groups -OCH3 is 2. The highest BCUT2D eigenvalue weighted by Gasteiger charge is 2.31. The topological polar surface area (TPSA) is 111 Å². The molecule has 3 atom stereocenters. The SMILES string of the molecule is CC[C@H](C)[C@H](NC(=O)C(Sc1nc(OC)cc(OC)n1)C(C)C)C(=O)O. The highest BCUT2D eigenvalue weighted by Crippen LogP contribution is 2.29. The molecule has 0 aromatic carbocycles. The number of thioether (sulfide) groups is 1. The van der Waals surface area contributed by atoms with Crippen molar-refractivity contribution in [1.29, 1.82) is 0 Å². The zero-order valence-corrected chi connectivity index (χ0v) is 16.8. The lowest BCUT2D eigenvalue weighted by atomic mass is 9.98. The van der Waals surface area contributed by atoms with Gasteiger partial charge in [0.15, 0.2) is 5.16 Å². The lowest BCUT2D eigenvalue weighted by molar-refractivity contribution is -0.143. The largest absolute Gasteiger partial charge is 0.481 e. The van der Waals surface area contributed by atoms with E-state index in [2.05, 4.69) is 15.3 Å². The fourth-order valence-electron chi connectivity index (χ4n) is 2.17. The van der Waals surface area contributed by atoms with Crippen LogP contribution in [0, 0.1) is 11.8 Å². The molecule has 0 fully saturated rings. The van der Waals surface area contributed by atoms with Gasteiger partial charge in [0, 0.05) is 0 Å². The van der Waals surface area contributed by atoms with Crippen LogP contribution in [0.3, 0.4) is 0 Å². The zero-order chi connectivity index (χ0) is 19.9. The van der Waals surface area contributed by atoms with E-state index < -0.39 is 17.3 Å². The van der Waals surface area contributed by atoms with E-state index in [0.717, 1.165) is 11.8 Å². The number of hydrogen-bond donors (Lipinski definition) is 2. The Balaban J connectivity index is 3.01. The van der Waals surface area contributed by atoms with Gasteiger partial charge < -0.3 is 19.9 Å². The van der Waals surface area contributed by atoms with Crippen LogP contribution in [0.25, 0.3) is 0 Å². The Hall–Kier alpha value is -2.03. The quantitative estimate of drug-likeness (QED) is 0.466. The van der Waals surface area contributed by atoms with Crippen molar-refractivity contribution in [3.63, 3.8) is 0 Å². The summed E-state index contributed by atoms with van der Waals surface area (Å²) in [7, 11) is 2.96. The molecule has 9 heteroatoms. The molecule has 0 radical (unpaired) electrons. The van der Waals surface area contributed by atoms with Gasteiger partial charge in [0.1, 0.15) is 6.04 Å². The third-order valence-corrected chi connectivity index (χ3v) is 5.36. The van der Waals surface area contributed by atoms with Crippen LogP contribution in [-0.2, 0) is 9.59 Å². The second-order valence-corrected chi connectivity index (χ2v) is 7.34. The molecule has 0 bridgehead atoms. The maximum atomic E-state index is 12.7. The van der Waals surface area contributed by atoms with Crippen LogP contribution in [0.5, 0.6) is 11.8 Å². The van der Waals surface area contributed by atoms with Gasteiger partial charge in [-0.25, -0.2) is 4.79 Å². The van der Waals surface area contributed by atoms with Crippen molar-refractivity contribution in [2.24, 2.45) is 11.8 Å². The Bertz CT molecular complexity index is 604. The first kappa shape index (κ1) is 22.0. The maximum absolute atomic E-state index is 12.7. The molecule has 8 nitrogen and oxygen atoms in total. The van der Waals surface area contributed by atoms with E-state index >= 15 is 0 Å². The first-order valence-electron chi connectivity index (χ1n) is 8.40. The Kier molecular flexibility index (Phi) is 8.64. The molecule has 1 heterocycles. The van der Waals surface area contributed by atoms with Crippen LogP contribution in [0.15, 0.2) is 11.2 Å². The Labute approximate surface area is 158 Å². The predicted octanol–water partition coefficient (Wildman–Crippen LogP) is 2.23. The Morgan fingerprint density at radius 3 is 2.12 bits per heavy atom. The van der Waals surface area contributed by atoms with Gasteiger partial charge in [-0.05, 0) is 11.8 Å². The molecule has 0 aliphatic rings. The summed E-state index contributed by atoms with van der Waals surface area (Å²) in [6.45, 7) is 7.45. The van der Waals surface area contributed by atoms with Crippen LogP contribution < -0.4 is 14.8 Å². The van der Waals surface area contributed by atoms with Crippen molar-refractivity contribution >= 4 is 23.6 Å². The number of carbonyl (C=O) groups is 2. The average Bonchev–Trinajstić information content (AvgIpc) is 2.62. The van der Waals surface area contributed by atoms with Crippen molar-refractivity contribution in [2.45, 2.75) is 50.6 Å². The highest BCUT2D eigenvalue weighted by atomic mass is 32.2. The summed E-state index contributed by atoms with van der Waals surface area (Å²) in [6.07, 6.45) is 0.646. The van der Waals surface area contributed by atoms with Crippen LogP contribution in [0.1, 0.15) is 34.1 Å². The molecular weight excluding hydrogens is 358 g/mol. The molecule has 146 valence electrons. The van der Waals surface area contributed by atoms with Gasteiger partial charge in [0.25, 0.3) is 0 Å². The molecule has 1 aromatic rings. The second-order valence-electron chi connectivity index (χ2n) is 6.23. The number of aliphatic carboxylic acids is 1. The predicted molar refractivity (Wildman–Crippen MR) is 98.6 cm³/mol. The fraction of sp³-hybridized carbons (Fsp3) is 0.647. The first-order chi connectivity index (χ1) is 12.2. The molecule has 0 aliphatic carbocycles. The zero-order valence-electron chi connectivity index (χ0n) is 16.0. The summed E-state index contributed by atoms with van der Waals surface area (Å²) in [5.74, 6) is -0.993. The second kappa shape index (κ2) is 10.2. The number of rotatable bonds is 10. The number of hydrogen-bond acceptors (Lipinski definition) is 7. The van der Waals surface area contributed by atoms with Crippen LogP contribution in [0.4, 0.5) is 0 Å². The number of nitrogens with one attached hydrogen (secondary N) is 1. The van der Waals surface area contributed by atoms with E-state index in [1.807, 2.05) is 20.8 Å². The van der Waals surface area contributed by atoms with Crippen molar-refractivity contribution in [3.05, 3.63) is 6.07 Å². The van der Waals surface area contributed by atoms with Crippen molar-refractivity contribution in [2.75, 3.05) is 14.2 Å². The van der Waals surface area contributed by atoms with Gasteiger partial charge in [-0.2, -0.15) is 9.97 Å². The fourth-order valence-corrected chi connectivity index (χ4v) is 3.13. The van der Waals surface area contributed by atoms with E-state index in [-0.39, 0.29) is 17.7 Å². The van der Waals surface area contributed by atoms with Crippen molar-refractivity contribution in [3.8, 4) is 11.8 Å². The molecule has 0 aliphatic heterocycles. The minimum Gasteiger partial charge on any atom is -0.481 e. The molecule has 2 N–H and O–H groups in total. The lowest BCUT2D eigenvalue weighted by Crippen LogP contribution is -2.49. The van der Waals surface area contributed by atoms with Crippen LogP contribution in [-0.4, -0.2) is 52.5 Å². The van der Waals surface area contributed by atoms with Crippen LogP contribution in [0.2, 0.25) is 0 Å². The van der Waals surface area contributed by atoms with Crippen LogP contribution >= 0.6 is 11.8 Å². The Morgan fingerprint density at radius 2 is 1.73 bits per heavy atom. The number of carboxylic acids is 1.